The quantitative estimate of drug-likeness (QED) is 0.490. The molecule has 2 aromatic rings. The first-order chi connectivity index (χ1) is 9.99. The molecule has 0 unspecified atom stereocenters. The van der Waals surface area contributed by atoms with Crippen LogP contribution in [0.15, 0.2) is 35.7 Å². The van der Waals surface area contributed by atoms with Crippen LogP contribution in [0.3, 0.4) is 0 Å². The number of amides is 1. The Balaban J connectivity index is 2.08. The monoisotopic (exact) mass is 305 g/mol. The molecule has 1 aromatic carbocycles. The van der Waals surface area contributed by atoms with Crippen molar-refractivity contribution >= 4 is 29.1 Å². The molecule has 1 atom stereocenters. The molecule has 2 rings (SSSR count). The number of Topliss-reactive ketones (excluding diaryl/α,β-unsaturated/α-hetero) is 1. The zero-order valence-electron chi connectivity index (χ0n) is 11.6. The number of aromatic nitrogens is 3. The highest BCUT2D eigenvalue weighted by atomic mass is 32.2. The number of hydrogen-bond donors (Lipinski definition) is 2. The van der Waals surface area contributed by atoms with E-state index in [9.17, 15) is 9.59 Å². The number of nitrogens with one attached hydrogen (secondary N) is 1. The van der Waals surface area contributed by atoms with Gasteiger partial charge in [0.1, 0.15) is 6.33 Å². The molecule has 1 amide bonds. The van der Waals surface area contributed by atoms with E-state index in [4.69, 9.17) is 5.84 Å². The van der Waals surface area contributed by atoms with Crippen molar-refractivity contribution in [3.8, 4) is 0 Å². The molecular weight excluding hydrogens is 290 g/mol. The third kappa shape index (κ3) is 3.60. The number of thioether (sulfide) groups is 1. The predicted molar refractivity (Wildman–Crippen MR) is 80.6 cm³/mol. The maximum Gasteiger partial charge on any atom is 0.237 e. The Kier molecular flexibility index (Phi) is 4.59. The summed E-state index contributed by atoms with van der Waals surface area (Å²) in [7, 11) is 0. The summed E-state index contributed by atoms with van der Waals surface area (Å²) >= 11 is 1.19. The zero-order chi connectivity index (χ0) is 15.4. The molecule has 21 heavy (non-hydrogen) atoms. The van der Waals surface area contributed by atoms with Crippen LogP contribution in [0.25, 0.3) is 0 Å². The lowest BCUT2D eigenvalue weighted by Crippen LogP contribution is -2.24. The Morgan fingerprint density at radius 1 is 1.38 bits per heavy atom. The molecule has 0 aliphatic rings. The lowest BCUT2D eigenvalue weighted by molar-refractivity contribution is -0.115. The Morgan fingerprint density at radius 3 is 2.71 bits per heavy atom. The number of ketones is 1. The molecule has 3 N–H and O–H groups in total. The van der Waals surface area contributed by atoms with Crippen molar-refractivity contribution in [2.24, 2.45) is 0 Å². The third-order valence-corrected chi connectivity index (χ3v) is 3.83. The number of carbonyl (C=O) groups excluding carboxylic acids is 2. The third-order valence-electron chi connectivity index (χ3n) is 2.76. The Bertz CT molecular complexity index is 670. The van der Waals surface area contributed by atoms with Gasteiger partial charge in [0.05, 0.1) is 10.9 Å². The topological polar surface area (TPSA) is 103 Å². The molecule has 0 aliphatic heterocycles. The fourth-order valence-corrected chi connectivity index (χ4v) is 2.41. The van der Waals surface area contributed by atoms with Gasteiger partial charge in [-0.3, -0.25) is 9.59 Å². The van der Waals surface area contributed by atoms with E-state index in [1.807, 2.05) is 0 Å². The molecule has 0 aliphatic carbocycles. The Hall–Kier alpha value is -2.35. The van der Waals surface area contributed by atoms with Crippen LogP contribution in [-0.2, 0) is 4.79 Å². The van der Waals surface area contributed by atoms with Crippen LogP contribution in [0.1, 0.15) is 24.2 Å². The summed E-state index contributed by atoms with van der Waals surface area (Å²) in [6.45, 7) is 3.19. The summed E-state index contributed by atoms with van der Waals surface area (Å²) in [5.74, 6) is 5.26. The van der Waals surface area contributed by atoms with Crippen LogP contribution >= 0.6 is 11.8 Å². The summed E-state index contributed by atoms with van der Waals surface area (Å²) in [6.07, 6.45) is 1.36. The van der Waals surface area contributed by atoms with Crippen molar-refractivity contribution in [2.75, 3.05) is 11.2 Å². The van der Waals surface area contributed by atoms with Gasteiger partial charge < -0.3 is 11.2 Å². The molecule has 110 valence electrons. The maximum absolute atomic E-state index is 12.2. The minimum Gasteiger partial charge on any atom is -0.336 e. The van der Waals surface area contributed by atoms with E-state index >= 15 is 0 Å². The highest BCUT2D eigenvalue weighted by Gasteiger charge is 2.19. The van der Waals surface area contributed by atoms with E-state index < -0.39 is 5.25 Å². The van der Waals surface area contributed by atoms with Crippen LogP contribution in [0.4, 0.5) is 5.69 Å². The normalized spacial score (nSPS) is 11.9. The van der Waals surface area contributed by atoms with Gasteiger partial charge in [-0.15, -0.1) is 10.2 Å². The van der Waals surface area contributed by atoms with Gasteiger partial charge in [0.25, 0.3) is 0 Å². The van der Waals surface area contributed by atoms with Gasteiger partial charge in [-0.05, 0) is 26.0 Å². The summed E-state index contributed by atoms with van der Waals surface area (Å²) < 4.78 is 1.25. The van der Waals surface area contributed by atoms with Gasteiger partial charge in [0.15, 0.2) is 5.78 Å². The van der Waals surface area contributed by atoms with E-state index in [1.165, 1.54) is 29.7 Å². The average Bonchev–Trinajstić information content (AvgIpc) is 2.84. The molecule has 0 fully saturated rings. The average molecular weight is 305 g/mol. The lowest BCUT2D eigenvalue weighted by Gasteiger charge is -2.13. The number of nitrogens with two attached hydrogens (primary N) is 1. The summed E-state index contributed by atoms with van der Waals surface area (Å²) in [6, 6.07) is 6.88. The Labute approximate surface area is 125 Å². The van der Waals surface area contributed by atoms with E-state index in [1.54, 1.807) is 31.2 Å². The SMILES string of the molecule is CC(=O)c1ccccc1NC(=O)[C@H](C)Sc1nncn1N. The van der Waals surface area contributed by atoms with Gasteiger partial charge >= 0.3 is 0 Å². The van der Waals surface area contributed by atoms with Gasteiger partial charge in [-0.1, -0.05) is 23.9 Å². The largest absolute Gasteiger partial charge is 0.336 e. The van der Waals surface area contributed by atoms with Crippen LogP contribution in [0, 0.1) is 0 Å². The van der Waals surface area contributed by atoms with Crippen LogP contribution in [0.5, 0.6) is 0 Å². The first-order valence-electron chi connectivity index (χ1n) is 6.21. The van der Waals surface area contributed by atoms with E-state index in [2.05, 4.69) is 15.5 Å². The molecule has 1 heterocycles. The highest BCUT2D eigenvalue weighted by molar-refractivity contribution is 8.00. The summed E-state index contributed by atoms with van der Waals surface area (Å²) in [5.41, 5.74) is 0.974. The molecular formula is C13H15N5O2S. The maximum atomic E-state index is 12.2. The van der Waals surface area contributed by atoms with Crippen molar-refractivity contribution in [3.63, 3.8) is 0 Å². The van der Waals surface area contributed by atoms with Crippen molar-refractivity contribution in [1.82, 2.24) is 14.9 Å². The number of rotatable bonds is 5. The van der Waals surface area contributed by atoms with Crippen molar-refractivity contribution in [1.29, 1.82) is 0 Å². The van der Waals surface area contributed by atoms with Crippen molar-refractivity contribution in [3.05, 3.63) is 36.2 Å². The standard InChI is InChI=1S/C13H15N5O2S/c1-8(19)10-5-3-4-6-11(10)16-12(20)9(2)21-13-17-15-7-18(13)14/h3-7,9H,14H2,1-2H3,(H,16,20)/t9-/m0/s1. The fourth-order valence-electron chi connectivity index (χ4n) is 1.66. The summed E-state index contributed by atoms with van der Waals surface area (Å²) in [4.78, 5) is 23.7. The second-order valence-corrected chi connectivity index (χ2v) is 5.68. The van der Waals surface area contributed by atoms with E-state index in [0.29, 0.717) is 16.4 Å². The number of nitrogen functional groups attached to an aromatic ring is 1. The number of benzene rings is 1. The first kappa shape index (κ1) is 15.0. The molecule has 7 nitrogen and oxygen atoms in total. The molecule has 0 saturated carbocycles. The van der Waals surface area contributed by atoms with Gasteiger partial charge in [-0.2, -0.15) is 0 Å². The number of para-hydroxylation sites is 1. The minimum absolute atomic E-state index is 0.104. The van der Waals surface area contributed by atoms with E-state index in [-0.39, 0.29) is 11.7 Å². The van der Waals surface area contributed by atoms with Gasteiger partial charge in [-0.25, -0.2) is 4.68 Å². The van der Waals surface area contributed by atoms with Crippen LogP contribution in [-0.4, -0.2) is 31.8 Å². The molecule has 0 saturated heterocycles. The second-order valence-electron chi connectivity index (χ2n) is 4.37. The number of carbonyl (C=O) groups is 2. The Morgan fingerprint density at radius 2 is 2.10 bits per heavy atom. The lowest BCUT2D eigenvalue weighted by atomic mass is 10.1. The number of hydrogen-bond acceptors (Lipinski definition) is 6. The van der Waals surface area contributed by atoms with Gasteiger partial charge in [0, 0.05) is 5.56 Å². The van der Waals surface area contributed by atoms with E-state index in [0.717, 1.165) is 0 Å². The van der Waals surface area contributed by atoms with Crippen LogP contribution in [0.2, 0.25) is 0 Å². The molecule has 0 spiro atoms. The zero-order valence-corrected chi connectivity index (χ0v) is 12.4. The predicted octanol–water partition coefficient (Wildman–Crippen LogP) is 1.31. The summed E-state index contributed by atoms with van der Waals surface area (Å²) in [5, 5.41) is 10.2. The number of nitrogens with zero attached hydrogens (tertiary/aromatic N) is 3. The fraction of sp³-hybridized carbons (Fsp3) is 0.231. The minimum atomic E-state index is -0.434. The van der Waals surface area contributed by atoms with Crippen molar-refractivity contribution in [2.45, 2.75) is 24.3 Å². The smallest absolute Gasteiger partial charge is 0.237 e. The highest BCUT2D eigenvalue weighted by Crippen LogP contribution is 2.22. The second kappa shape index (κ2) is 6.40. The first-order valence-corrected chi connectivity index (χ1v) is 7.09. The molecule has 0 bridgehead atoms. The van der Waals surface area contributed by atoms with Gasteiger partial charge in [0.2, 0.25) is 11.1 Å². The van der Waals surface area contributed by atoms with Crippen LogP contribution < -0.4 is 11.2 Å². The molecule has 0 radical (unpaired) electrons. The number of anilines is 1. The van der Waals surface area contributed by atoms with Crippen molar-refractivity contribution < 1.29 is 9.59 Å². The molecule has 1 aromatic heterocycles. The molecule has 8 heteroatoms.